The van der Waals surface area contributed by atoms with Crippen LogP contribution in [-0.2, 0) is 0 Å². The first-order valence-electron chi connectivity index (χ1n) is 4.70. The second-order valence-electron chi connectivity index (χ2n) is 3.39. The van der Waals surface area contributed by atoms with E-state index in [4.69, 9.17) is 5.11 Å². The zero-order valence-electron chi connectivity index (χ0n) is 7.42. The molecule has 0 radical (unpaired) electrons. The van der Waals surface area contributed by atoms with Crippen LogP contribution in [0.3, 0.4) is 0 Å². The second kappa shape index (κ2) is 4.73. The third-order valence-corrected chi connectivity index (χ3v) is 2.41. The Balaban J connectivity index is 1.98. The highest BCUT2D eigenvalue weighted by atomic mass is 16.3. The third kappa shape index (κ3) is 3.73. The standard InChI is InChI=1S/C9H19NO/c1-2-10(7-8-11)6-5-9-3-4-9/h9,11H,2-8H2,1H3. The molecule has 1 saturated carbocycles. The van der Waals surface area contributed by atoms with Gasteiger partial charge in [0.2, 0.25) is 0 Å². The summed E-state index contributed by atoms with van der Waals surface area (Å²) in [5.41, 5.74) is 0. The Morgan fingerprint density at radius 3 is 2.55 bits per heavy atom. The molecule has 0 spiro atoms. The summed E-state index contributed by atoms with van der Waals surface area (Å²) >= 11 is 0. The molecule has 0 aliphatic heterocycles. The maximum absolute atomic E-state index is 8.71. The zero-order chi connectivity index (χ0) is 8.10. The van der Waals surface area contributed by atoms with E-state index in [2.05, 4.69) is 11.8 Å². The number of hydrogen-bond donors (Lipinski definition) is 1. The van der Waals surface area contributed by atoms with Crippen molar-refractivity contribution in [3.8, 4) is 0 Å². The molecule has 0 aromatic rings. The minimum atomic E-state index is 0.304. The van der Waals surface area contributed by atoms with Crippen molar-refractivity contribution in [1.82, 2.24) is 4.90 Å². The summed E-state index contributed by atoms with van der Waals surface area (Å²) in [6, 6.07) is 0. The summed E-state index contributed by atoms with van der Waals surface area (Å²) in [5, 5.41) is 8.71. The molecule has 2 nitrogen and oxygen atoms in total. The topological polar surface area (TPSA) is 23.5 Å². The molecule has 0 amide bonds. The largest absolute Gasteiger partial charge is 0.395 e. The van der Waals surface area contributed by atoms with E-state index >= 15 is 0 Å². The van der Waals surface area contributed by atoms with Crippen LogP contribution in [0.15, 0.2) is 0 Å². The van der Waals surface area contributed by atoms with Gasteiger partial charge in [0.15, 0.2) is 0 Å². The van der Waals surface area contributed by atoms with Crippen LogP contribution in [-0.4, -0.2) is 36.2 Å². The fraction of sp³-hybridized carbons (Fsp3) is 1.00. The molecular weight excluding hydrogens is 138 g/mol. The smallest absolute Gasteiger partial charge is 0.0558 e. The van der Waals surface area contributed by atoms with Crippen molar-refractivity contribution < 1.29 is 5.11 Å². The molecule has 0 aromatic heterocycles. The summed E-state index contributed by atoms with van der Waals surface area (Å²) in [5.74, 6) is 1.02. The Kier molecular flexibility index (Phi) is 3.87. The predicted molar refractivity (Wildman–Crippen MR) is 46.5 cm³/mol. The lowest BCUT2D eigenvalue weighted by atomic mass is 10.3. The van der Waals surface area contributed by atoms with Crippen LogP contribution in [0.4, 0.5) is 0 Å². The number of aliphatic hydroxyl groups excluding tert-OH is 1. The molecular formula is C9H19NO. The van der Waals surface area contributed by atoms with E-state index < -0.39 is 0 Å². The molecule has 2 heteroatoms. The van der Waals surface area contributed by atoms with E-state index in [0.29, 0.717) is 6.61 Å². The highest BCUT2D eigenvalue weighted by Crippen LogP contribution is 2.32. The van der Waals surface area contributed by atoms with Crippen molar-refractivity contribution in [3.63, 3.8) is 0 Å². The van der Waals surface area contributed by atoms with Crippen LogP contribution in [0.5, 0.6) is 0 Å². The minimum absolute atomic E-state index is 0.304. The molecule has 0 heterocycles. The van der Waals surface area contributed by atoms with Crippen molar-refractivity contribution in [2.45, 2.75) is 26.2 Å². The normalized spacial score (nSPS) is 17.7. The molecule has 1 N–H and O–H groups in total. The number of aliphatic hydroxyl groups is 1. The van der Waals surface area contributed by atoms with Gasteiger partial charge in [0.1, 0.15) is 0 Å². The molecule has 66 valence electrons. The highest BCUT2D eigenvalue weighted by Gasteiger charge is 2.21. The Bertz CT molecular complexity index is 102. The summed E-state index contributed by atoms with van der Waals surface area (Å²) in [6.07, 6.45) is 4.22. The molecule has 1 fully saturated rings. The maximum Gasteiger partial charge on any atom is 0.0558 e. The van der Waals surface area contributed by atoms with Crippen LogP contribution in [0.25, 0.3) is 0 Å². The Morgan fingerprint density at radius 2 is 2.09 bits per heavy atom. The van der Waals surface area contributed by atoms with Gasteiger partial charge in [-0.1, -0.05) is 19.8 Å². The number of rotatable bonds is 6. The van der Waals surface area contributed by atoms with E-state index in [1.165, 1.54) is 25.8 Å². The first kappa shape index (κ1) is 9.01. The van der Waals surface area contributed by atoms with Gasteiger partial charge >= 0.3 is 0 Å². The van der Waals surface area contributed by atoms with Crippen molar-refractivity contribution in [2.24, 2.45) is 5.92 Å². The van der Waals surface area contributed by atoms with Crippen molar-refractivity contribution in [3.05, 3.63) is 0 Å². The molecule has 1 aliphatic rings. The van der Waals surface area contributed by atoms with E-state index in [1.54, 1.807) is 0 Å². The Morgan fingerprint density at radius 1 is 1.36 bits per heavy atom. The van der Waals surface area contributed by atoms with Gasteiger partial charge < -0.3 is 10.0 Å². The van der Waals surface area contributed by atoms with E-state index in [9.17, 15) is 0 Å². The van der Waals surface area contributed by atoms with Crippen LogP contribution < -0.4 is 0 Å². The van der Waals surface area contributed by atoms with Gasteiger partial charge in [0.25, 0.3) is 0 Å². The van der Waals surface area contributed by atoms with Crippen molar-refractivity contribution in [2.75, 3.05) is 26.2 Å². The molecule has 11 heavy (non-hydrogen) atoms. The quantitative estimate of drug-likeness (QED) is 0.624. The number of nitrogens with zero attached hydrogens (tertiary/aromatic N) is 1. The lowest BCUT2D eigenvalue weighted by molar-refractivity contribution is 0.198. The van der Waals surface area contributed by atoms with E-state index in [-0.39, 0.29) is 0 Å². The molecule has 0 saturated heterocycles. The molecule has 0 aromatic carbocycles. The first-order chi connectivity index (χ1) is 5.36. The highest BCUT2D eigenvalue weighted by molar-refractivity contribution is 4.74. The second-order valence-corrected chi connectivity index (χ2v) is 3.39. The van der Waals surface area contributed by atoms with Crippen LogP contribution in [0.1, 0.15) is 26.2 Å². The zero-order valence-corrected chi connectivity index (χ0v) is 7.42. The van der Waals surface area contributed by atoms with Crippen molar-refractivity contribution >= 4 is 0 Å². The van der Waals surface area contributed by atoms with E-state index in [1.807, 2.05) is 0 Å². The van der Waals surface area contributed by atoms with Gasteiger partial charge in [-0.05, 0) is 25.4 Å². The lowest BCUT2D eigenvalue weighted by Gasteiger charge is -2.18. The lowest BCUT2D eigenvalue weighted by Crippen LogP contribution is -2.27. The summed E-state index contributed by atoms with van der Waals surface area (Å²) in [4.78, 5) is 2.32. The Hall–Kier alpha value is -0.0800. The van der Waals surface area contributed by atoms with Gasteiger partial charge in [-0.15, -0.1) is 0 Å². The molecule has 1 aliphatic carbocycles. The first-order valence-corrected chi connectivity index (χ1v) is 4.70. The van der Waals surface area contributed by atoms with Gasteiger partial charge in [0, 0.05) is 6.54 Å². The fourth-order valence-corrected chi connectivity index (χ4v) is 1.34. The van der Waals surface area contributed by atoms with Crippen molar-refractivity contribution in [1.29, 1.82) is 0 Å². The fourth-order valence-electron chi connectivity index (χ4n) is 1.34. The average Bonchev–Trinajstić information content (AvgIpc) is 2.81. The van der Waals surface area contributed by atoms with Crippen LogP contribution in [0, 0.1) is 5.92 Å². The maximum atomic E-state index is 8.71. The summed E-state index contributed by atoms with van der Waals surface area (Å²) in [6.45, 7) is 5.57. The summed E-state index contributed by atoms with van der Waals surface area (Å²) < 4.78 is 0. The molecule has 0 unspecified atom stereocenters. The van der Waals surface area contributed by atoms with Gasteiger partial charge in [0.05, 0.1) is 6.61 Å². The van der Waals surface area contributed by atoms with E-state index in [0.717, 1.165) is 19.0 Å². The number of likely N-dealkylation sites (N-methyl/N-ethyl adjacent to an activating group) is 1. The molecule has 1 rings (SSSR count). The minimum Gasteiger partial charge on any atom is -0.395 e. The SMILES string of the molecule is CCN(CCO)CCC1CC1. The summed E-state index contributed by atoms with van der Waals surface area (Å²) in [7, 11) is 0. The average molecular weight is 157 g/mol. The van der Waals surface area contributed by atoms with Gasteiger partial charge in [-0.3, -0.25) is 0 Å². The molecule has 0 bridgehead atoms. The van der Waals surface area contributed by atoms with Gasteiger partial charge in [-0.25, -0.2) is 0 Å². The van der Waals surface area contributed by atoms with Crippen LogP contribution >= 0.6 is 0 Å². The number of hydrogen-bond acceptors (Lipinski definition) is 2. The third-order valence-electron chi connectivity index (χ3n) is 2.41. The van der Waals surface area contributed by atoms with Gasteiger partial charge in [-0.2, -0.15) is 0 Å². The predicted octanol–water partition coefficient (Wildman–Crippen LogP) is 1.10. The Labute approximate surface area is 69.2 Å². The molecule has 0 atom stereocenters. The van der Waals surface area contributed by atoms with Crippen LogP contribution in [0.2, 0.25) is 0 Å². The monoisotopic (exact) mass is 157 g/mol.